The second kappa shape index (κ2) is 8.61. The monoisotopic (exact) mass is 444 g/mol. The minimum Gasteiger partial charge on any atom is -0.264 e. The van der Waals surface area contributed by atoms with Gasteiger partial charge in [-0.3, -0.25) is 9.11 Å². The molecule has 0 heterocycles. The molecule has 6 heteroatoms. The summed E-state index contributed by atoms with van der Waals surface area (Å²) in [7, 11) is -4.67. The fourth-order valence-corrected chi connectivity index (χ4v) is 12.1. The van der Waals surface area contributed by atoms with Gasteiger partial charge in [0.15, 0.2) is 0 Å². The minimum atomic E-state index is -4.67. The van der Waals surface area contributed by atoms with Gasteiger partial charge in [0.1, 0.15) is 0 Å². The van der Waals surface area contributed by atoms with E-state index < -0.39 is 30.2 Å². The van der Waals surface area contributed by atoms with Crippen molar-refractivity contribution < 1.29 is 17.5 Å². The van der Waals surface area contributed by atoms with Crippen LogP contribution in [-0.4, -0.2) is 24.4 Å². The van der Waals surface area contributed by atoms with Crippen molar-refractivity contribution in [3.05, 3.63) is 33.9 Å². The topological polar surface area (TPSA) is 74.6 Å². The van der Waals surface area contributed by atoms with Gasteiger partial charge in [-0.2, -0.15) is 8.42 Å². The SMILES string of the molecule is CCC(C)(C)I(c1ccccc1)C(C)(C)CC.O=S(=O)(O)O. The summed E-state index contributed by atoms with van der Waals surface area (Å²) in [6.45, 7) is 14.6. The summed E-state index contributed by atoms with van der Waals surface area (Å²) in [5.74, 6) is 0. The van der Waals surface area contributed by atoms with Crippen LogP contribution in [0.5, 0.6) is 0 Å². The summed E-state index contributed by atoms with van der Waals surface area (Å²) in [5.41, 5.74) is 0. The molecule has 1 rings (SSSR count). The van der Waals surface area contributed by atoms with E-state index in [0.717, 1.165) is 0 Å². The van der Waals surface area contributed by atoms with Gasteiger partial charge in [0, 0.05) is 0 Å². The first-order chi connectivity index (χ1) is 9.85. The third kappa shape index (κ3) is 7.89. The molecule has 0 saturated heterocycles. The van der Waals surface area contributed by atoms with Gasteiger partial charge in [0.25, 0.3) is 0 Å². The van der Waals surface area contributed by atoms with Crippen LogP contribution in [0.2, 0.25) is 0 Å². The molecule has 0 saturated carbocycles. The summed E-state index contributed by atoms with van der Waals surface area (Å²) in [5, 5.41) is 0. The van der Waals surface area contributed by atoms with Crippen LogP contribution in [0, 0.1) is 3.57 Å². The van der Waals surface area contributed by atoms with Crippen LogP contribution in [0.3, 0.4) is 0 Å². The first kappa shape index (κ1) is 21.8. The van der Waals surface area contributed by atoms with Crippen molar-refractivity contribution in [3.8, 4) is 0 Å². The smallest absolute Gasteiger partial charge is 0.264 e. The third-order valence-electron chi connectivity index (χ3n) is 3.66. The van der Waals surface area contributed by atoms with Crippen LogP contribution in [0.15, 0.2) is 30.3 Å². The normalized spacial score (nSPS) is 13.2. The fraction of sp³-hybridized carbons (Fsp3) is 0.625. The summed E-state index contributed by atoms with van der Waals surface area (Å²) in [4.78, 5) is 0. The van der Waals surface area contributed by atoms with E-state index in [2.05, 4.69) is 71.9 Å². The zero-order chi connectivity index (χ0) is 17.6. The van der Waals surface area contributed by atoms with Crippen LogP contribution in [-0.2, 0) is 10.4 Å². The summed E-state index contributed by atoms with van der Waals surface area (Å²) < 4.78 is 34.2. The van der Waals surface area contributed by atoms with Gasteiger partial charge in [-0.25, -0.2) is 0 Å². The van der Waals surface area contributed by atoms with E-state index in [0.29, 0.717) is 6.84 Å². The molecule has 0 atom stereocenters. The molecular formula is C16H29IO4S. The Labute approximate surface area is 142 Å². The van der Waals surface area contributed by atoms with Gasteiger partial charge < -0.3 is 0 Å². The molecule has 130 valence electrons. The van der Waals surface area contributed by atoms with E-state index in [1.807, 2.05) is 0 Å². The number of benzene rings is 1. The first-order valence-corrected chi connectivity index (χ1v) is 11.9. The zero-order valence-electron chi connectivity index (χ0n) is 14.3. The Kier molecular flexibility index (Phi) is 8.54. The number of halogens is 1. The molecular weight excluding hydrogens is 415 g/mol. The molecule has 1 aromatic carbocycles. The fourth-order valence-electron chi connectivity index (χ4n) is 2.09. The molecule has 0 amide bonds. The van der Waals surface area contributed by atoms with E-state index in [1.54, 1.807) is 3.57 Å². The Balaban J connectivity index is 0.000000763. The number of hydrogen-bond acceptors (Lipinski definition) is 2. The molecule has 4 nitrogen and oxygen atoms in total. The van der Waals surface area contributed by atoms with Gasteiger partial charge in [-0.05, 0) is 0 Å². The molecule has 0 fully saturated rings. The van der Waals surface area contributed by atoms with Gasteiger partial charge >= 0.3 is 125 Å². The molecule has 0 aromatic heterocycles. The molecule has 0 spiro atoms. The third-order valence-corrected chi connectivity index (χ3v) is 13.0. The average molecular weight is 444 g/mol. The van der Waals surface area contributed by atoms with E-state index in [1.165, 1.54) is 12.8 Å². The van der Waals surface area contributed by atoms with E-state index in [9.17, 15) is 0 Å². The Morgan fingerprint density at radius 1 is 0.909 bits per heavy atom. The maximum Gasteiger partial charge on any atom is 0.394 e. The second-order valence-electron chi connectivity index (χ2n) is 6.17. The number of rotatable bonds is 5. The van der Waals surface area contributed by atoms with Crippen LogP contribution >= 0.6 is 19.8 Å². The molecule has 0 radical (unpaired) electrons. The largest absolute Gasteiger partial charge is 0.394 e. The quantitative estimate of drug-likeness (QED) is 0.377. The van der Waals surface area contributed by atoms with Crippen LogP contribution in [0.25, 0.3) is 0 Å². The Bertz CT molecular complexity index is 515. The van der Waals surface area contributed by atoms with Crippen molar-refractivity contribution in [1.82, 2.24) is 0 Å². The van der Waals surface area contributed by atoms with E-state index in [4.69, 9.17) is 17.5 Å². The number of alkyl halides is 2. The summed E-state index contributed by atoms with van der Waals surface area (Å²) in [6, 6.07) is 11.3. The van der Waals surface area contributed by atoms with Crippen LogP contribution in [0.1, 0.15) is 54.4 Å². The van der Waals surface area contributed by atoms with Crippen molar-refractivity contribution in [2.45, 2.75) is 61.2 Å². The van der Waals surface area contributed by atoms with Gasteiger partial charge in [0.05, 0.1) is 0 Å². The van der Waals surface area contributed by atoms with Crippen LogP contribution in [0.4, 0.5) is 0 Å². The number of hydrogen-bond donors (Lipinski definition) is 2. The molecule has 1 aromatic rings. The zero-order valence-corrected chi connectivity index (χ0v) is 17.3. The van der Waals surface area contributed by atoms with Crippen molar-refractivity contribution >= 4 is 30.2 Å². The van der Waals surface area contributed by atoms with Crippen molar-refractivity contribution in [2.24, 2.45) is 0 Å². The first-order valence-electron chi connectivity index (χ1n) is 7.30. The van der Waals surface area contributed by atoms with Crippen molar-refractivity contribution in [1.29, 1.82) is 0 Å². The van der Waals surface area contributed by atoms with Gasteiger partial charge in [-0.15, -0.1) is 0 Å². The predicted molar refractivity (Wildman–Crippen MR) is 102 cm³/mol. The van der Waals surface area contributed by atoms with Crippen molar-refractivity contribution in [3.63, 3.8) is 0 Å². The Hall–Kier alpha value is -0.180. The maximum absolute atomic E-state index is 8.74. The standard InChI is InChI=1S/C16H27I.H2O4S/c1-7-15(3,4)17(16(5,6)8-2)14-12-10-9-11-13-14;1-5(2,3)4/h9-13H,7-8H2,1-6H3;(H2,1,2,3,4). The average Bonchev–Trinajstić information content (AvgIpc) is 2.37. The van der Waals surface area contributed by atoms with E-state index >= 15 is 0 Å². The molecule has 0 aliphatic heterocycles. The second-order valence-corrected chi connectivity index (χ2v) is 15.8. The molecule has 0 aliphatic rings. The summed E-state index contributed by atoms with van der Waals surface area (Å²) >= 11 is -1.22. The molecule has 0 aliphatic carbocycles. The van der Waals surface area contributed by atoms with E-state index in [-0.39, 0.29) is 0 Å². The molecule has 22 heavy (non-hydrogen) atoms. The van der Waals surface area contributed by atoms with Gasteiger partial charge in [-0.1, -0.05) is 0 Å². The summed E-state index contributed by atoms with van der Waals surface area (Å²) in [6.07, 6.45) is 2.58. The Morgan fingerprint density at radius 2 is 1.23 bits per heavy atom. The molecule has 2 N–H and O–H groups in total. The van der Waals surface area contributed by atoms with Crippen LogP contribution < -0.4 is 0 Å². The molecule has 0 unspecified atom stereocenters. The molecule has 0 bridgehead atoms. The van der Waals surface area contributed by atoms with Crippen molar-refractivity contribution in [2.75, 3.05) is 0 Å². The maximum atomic E-state index is 8.74. The minimum absolute atomic E-state index is 0.505. The predicted octanol–water partition coefficient (Wildman–Crippen LogP) is 5.09. The van der Waals surface area contributed by atoms with Gasteiger partial charge in [0.2, 0.25) is 0 Å². The Morgan fingerprint density at radius 3 is 1.50 bits per heavy atom.